The fraction of sp³-hybridized carbons (Fsp3) is 0.667. The van der Waals surface area contributed by atoms with Gasteiger partial charge in [0.1, 0.15) is 0 Å². The first kappa shape index (κ1) is 14.7. The predicted molar refractivity (Wildman–Crippen MR) is 85.0 cm³/mol. The largest absolute Gasteiger partial charge is 0.490 e. The molecule has 0 bridgehead atoms. The lowest BCUT2D eigenvalue weighted by Crippen LogP contribution is -2.17. The van der Waals surface area contributed by atoms with Crippen molar-refractivity contribution in [3.8, 4) is 11.5 Å². The second-order valence-electron chi connectivity index (χ2n) is 6.33. The zero-order chi connectivity index (χ0) is 14.5. The molecule has 1 unspecified atom stereocenters. The monoisotopic (exact) mass is 289 g/mol. The molecule has 1 fully saturated rings. The van der Waals surface area contributed by atoms with E-state index in [4.69, 9.17) is 9.47 Å². The summed E-state index contributed by atoms with van der Waals surface area (Å²) in [7, 11) is 2.06. The molecule has 0 spiro atoms. The molecular formula is C18H27NO2. The number of nitrogens with one attached hydrogen (secondary N) is 1. The minimum Gasteiger partial charge on any atom is -0.490 e. The topological polar surface area (TPSA) is 30.5 Å². The van der Waals surface area contributed by atoms with Gasteiger partial charge in [0.2, 0.25) is 0 Å². The first-order chi connectivity index (χ1) is 10.4. The van der Waals surface area contributed by atoms with E-state index in [0.29, 0.717) is 6.04 Å². The Hall–Kier alpha value is -1.22. The molecule has 2 aliphatic rings. The standard InChI is InChI=1S/C18H27NO2/c1-19-16(9-7-14-5-2-3-6-14)15-8-10-17-18(13-15)21-12-4-11-20-17/h8,10,13-14,16,19H,2-7,9,11-12H2,1H3. The van der Waals surface area contributed by atoms with Gasteiger partial charge < -0.3 is 14.8 Å². The molecule has 1 aliphatic carbocycles. The molecule has 116 valence electrons. The van der Waals surface area contributed by atoms with Crippen LogP contribution in [-0.4, -0.2) is 20.3 Å². The Morgan fingerprint density at radius 2 is 1.86 bits per heavy atom. The lowest BCUT2D eigenvalue weighted by atomic mass is 9.94. The number of ether oxygens (including phenoxy) is 2. The number of hydrogen-bond donors (Lipinski definition) is 1. The maximum Gasteiger partial charge on any atom is 0.161 e. The van der Waals surface area contributed by atoms with Crippen molar-refractivity contribution in [2.24, 2.45) is 5.92 Å². The molecule has 3 nitrogen and oxygen atoms in total. The van der Waals surface area contributed by atoms with Crippen LogP contribution in [0.25, 0.3) is 0 Å². The number of fused-ring (bicyclic) bond motifs is 1. The van der Waals surface area contributed by atoms with Gasteiger partial charge in [0.25, 0.3) is 0 Å². The summed E-state index contributed by atoms with van der Waals surface area (Å²) in [6.45, 7) is 1.51. The number of hydrogen-bond acceptors (Lipinski definition) is 3. The van der Waals surface area contributed by atoms with Gasteiger partial charge in [-0.15, -0.1) is 0 Å². The van der Waals surface area contributed by atoms with Crippen LogP contribution >= 0.6 is 0 Å². The van der Waals surface area contributed by atoms with E-state index in [1.807, 2.05) is 0 Å². The van der Waals surface area contributed by atoms with Crippen LogP contribution in [0.4, 0.5) is 0 Å². The van der Waals surface area contributed by atoms with Crippen LogP contribution in [0.1, 0.15) is 56.6 Å². The summed E-state index contributed by atoms with van der Waals surface area (Å²) in [5.41, 5.74) is 1.32. The molecule has 1 aliphatic heterocycles. The second-order valence-corrected chi connectivity index (χ2v) is 6.33. The first-order valence-corrected chi connectivity index (χ1v) is 8.43. The Balaban J connectivity index is 1.66. The Kier molecular flexibility index (Phi) is 5.02. The quantitative estimate of drug-likeness (QED) is 0.886. The van der Waals surface area contributed by atoms with Gasteiger partial charge in [-0.2, -0.15) is 0 Å². The van der Waals surface area contributed by atoms with Crippen molar-refractivity contribution in [3.63, 3.8) is 0 Å². The van der Waals surface area contributed by atoms with Gasteiger partial charge in [0, 0.05) is 12.5 Å². The Morgan fingerprint density at radius 3 is 2.62 bits per heavy atom. The van der Waals surface area contributed by atoms with E-state index in [-0.39, 0.29) is 0 Å². The minimum atomic E-state index is 0.419. The van der Waals surface area contributed by atoms with Crippen LogP contribution in [0.15, 0.2) is 18.2 Å². The van der Waals surface area contributed by atoms with Gasteiger partial charge in [-0.25, -0.2) is 0 Å². The Morgan fingerprint density at radius 1 is 1.10 bits per heavy atom. The summed E-state index contributed by atoms with van der Waals surface area (Å²) in [6, 6.07) is 6.83. The normalized spacial score (nSPS) is 20.2. The fourth-order valence-electron chi connectivity index (χ4n) is 3.58. The Bertz CT molecular complexity index is 455. The van der Waals surface area contributed by atoms with E-state index in [9.17, 15) is 0 Å². The van der Waals surface area contributed by atoms with Gasteiger partial charge in [0.15, 0.2) is 11.5 Å². The zero-order valence-electron chi connectivity index (χ0n) is 13.1. The SMILES string of the molecule is CNC(CCC1CCCC1)c1ccc2c(c1)OCCCO2. The molecule has 1 saturated carbocycles. The van der Waals surface area contributed by atoms with E-state index in [2.05, 4.69) is 30.6 Å². The minimum absolute atomic E-state index is 0.419. The third kappa shape index (κ3) is 3.70. The summed E-state index contributed by atoms with van der Waals surface area (Å²) in [5, 5.41) is 3.47. The predicted octanol–water partition coefficient (Wildman–Crippen LogP) is 4.08. The number of rotatable bonds is 5. The summed E-state index contributed by atoms with van der Waals surface area (Å²) in [6.07, 6.45) is 9.22. The summed E-state index contributed by atoms with van der Waals surface area (Å²) in [4.78, 5) is 0. The van der Waals surface area contributed by atoms with E-state index < -0.39 is 0 Å². The van der Waals surface area contributed by atoms with Crippen LogP contribution in [-0.2, 0) is 0 Å². The molecule has 0 saturated heterocycles. The van der Waals surface area contributed by atoms with Crippen molar-refractivity contribution in [2.45, 2.75) is 51.0 Å². The van der Waals surface area contributed by atoms with Crippen molar-refractivity contribution in [1.29, 1.82) is 0 Å². The molecule has 0 aromatic heterocycles. The van der Waals surface area contributed by atoms with Crippen LogP contribution < -0.4 is 14.8 Å². The highest BCUT2D eigenvalue weighted by atomic mass is 16.5. The third-order valence-corrected chi connectivity index (χ3v) is 4.86. The highest BCUT2D eigenvalue weighted by Gasteiger charge is 2.19. The maximum absolute atomic E-state index is 5.81. The average molecular weight is 289 g/mol. The smallest absolute Gasteiger partial charge is 0.161 e. The summed E-state index contributed by atoms with van der Waals surface area (Å²) in [5.74, 6) is 2.74. The van der Waals surface area contributed by atoms with E-state index in [0.717, 1.165) is 37.1 Å². The highest BCUT2D eigenvalue weighted by Crippen LogP contribution is 2.35. The van der Waals surface area contributed by atoms with Crippen molar-refractivity contribution >= 4 is 0 Å². The first-order valence-electron chi connectivity index (χ1n) is 8.43. The zero-order valence-corrected chi connectivity index (χ0v) is 13.1. The molecule has 1 heterocycles. The summed E-state index contributed by atoms with van der Waals surface area (Å²) >= 11 is 0. The van der Waals surface area contributed by atoms with Crippen molar-refractivity contribution < 1.29 is 9.47 Å². The summed E-state index contributed by atoms with van der Waals surface area (Å²) < 4.78 is 11.5. The van der Waals surface area contributed by atoms with E-state index >= 15 is 0 Å². The third-order valence-electron chi connectivity index (χ3n) is 4.86. The van der Waals surface area contributed by atoms with Crippen molar-refractivity contribution in [1.82, 2.24) is 5.32 Å². The molecular weight excluding hydrogens is 262 g/mol. The van der Waals surface area contributed by atoms with Gasteiger partial charge in [-0.3, -0.25) is 0 Å². The van der Waals surface area contributed by atoms with Crippen LogP contribution in [0, 0.1) is 5.92 Å². The second kappa shape index (κ2) is 7.17. The lowest BCUT2D eigenvalue weighted by molar-refractivity contribution is 0.297. The molecule has 3 rings (SSSR count). The maximum atomic E-state index is 5.81. The Labute approximate surface area is 128 Å². The van der Waals surface area contributed by atoms with Crippen molar-refractivity contribution in [3.05, 3.63) is 23.8 Å². The van der Waals surface area contributed by atoms with Crippen LogP contribution in [0.2, 0.25) is 0 Å². The number of benzene rings is 1. The fourth-order valence-corrected chi connectivity index (χ4v) is 3.58. The molecule has 1 atom stereocenters. The van der Waals surface area contributed by atoms with Crippen LogP contribution in [0.5, 0.6) is 11.5 Å². The average Bonchev–Trinajstić information content (AvgIpc) is 2.92. The van der Waals surface area contributed by atoms with E-state index in [1.165, 1.54) is 44.1 Å². The molecule has 1 aromatic rings. The molecule has 1 N–H and O–H groups in total. The van der Waals surface area contributed by atoms with Gasteiger partial charge in [0.05, 0.1) is 13.2 Å². The highest BCUT2D eigenvalue weighted by molar-refractivity contribution is 5.44. The molecule has 3 heteroatoms. The van der Waals surface area contributed by atoms with Gasteiger partial charge >= 0.3 is 0 Å². The molecule has 0 amide bonds. The molecule has 0 radical (unpaired) electrons. The van der Waals surface area contributed by atoms with Gasteiger partial charge in [-0.05, 0) is 43.5 Å². The molecule has 1 aromatic carbocycles. The van der Waals surface area contributed by atoms with Gasteiger partial charge in [-0.1, -0.05) is 31.7 Å². The lowest BCUT2D eigenvalue weighted by Gasteiger charge is -2.20. The molecule has 21 heavy (non-hydrogen) atoms. The van der Waals surface area contributed by atoms with Crippen molar-refractivity contribution in [2.75, 3.05) is 20.3 Å². The van der Waals surface area contributed by atoms with Crippen LogP contribution in [0.3, 0.4) is 0 Å². The van der Waals surface area contributed by atoms with E-state index in [1.54, 1.807) is 0 Å².